The Balaban J connectivity index is 2.05. The maximum Gasteiger partial charge on any atom is 0.330 e. The fourth-order valence-corrected chi connectivity index (χ4v) is 3.73. The number of nitrogens with zero attached hydrogens (tertiary/aromatic N) is 2. The van der Waals surface area contributed by atoms with Crippen LogP contribution < -0.4 is 26.6 Å². The van der Waals surface area contributed by atoms with Crippen LogP contribution in [0.3, 0.4) is 0 Å². The molecular formula is C25H29ClN4O4. The third kappa shape index (κ3) is 5.69. The van der Waals surface area contributed by atoms with Gasteiger partial charge in [0.2, 0.25) is 0 Å². The molecule has 180 valence electrons. The normalized spacial score (nSPS) is 11.8. The molecule has 1 heterocycles. The number of H-pyrrole nitrogens is 1. The quantitative estimate of drug-likeness (QED) is 0.479. The van der Waals surface area contributed by atoms with Gasteiger partial charge in [0.05, 0.1) is 11.6 Å². The monoisotopic (exact) mass is 484 g/mol. The zero-order valence-electron chi connectivity index (χ0n) is 19.5. The summed E-state index contributed by atoms with van der Waals surface area (Å²) in [5.41, 5.74) is 6.57. The van der Waals surface area contributed by atoms with Crippen molar-refractivity contribution in [2.24, 2.45) is 0 Å². The van der Waals surface area contributed by atoms with Crippen molar-refractivity contribution in [3.05, 3.63) is 85.5 Å². The second kappa shape index (κ2) is 11.1. The molecule has 8 nitrogen and oxygen atoms in total. The number of nitrogens with one attached hydrogen (secondary N) is 1. The lowest BCUT2D eigenvalue weighted by Crippen LogP contribution is -2.45. The Morgan fingerprint density at radius 2 is 1.91 bits per heavy atom. The number of ether oxygens (including phenoxy) is 1. The van der Waals surface area contributed by atoms with E-state index in [1.807, 2.05) is 50.2 Å². The molecule has 0 radical (unpaired) electrons. The minimum absolute atomic E-state index is 0.0627. The lowest BCUT2D eigenvalue weighted by atomic mass is 10.2. The molecule has 0 aliphatic heterocycles. The van der Waals surface area contributed by atoms with Crippen LogP contribution in [0.15, 0.2) is 58.1 Å². The van der Waals surface area contributed by atoms with Crippen molar-refractivity contribution >= 4 is 29.0 Å². The standard InChI is InChI=1S/C25H29ClN4O4/c1-4-5-13-29-22(27)21(23(31)28-25(29)33)30(15-18-9-7-6-8-10-18)24(32)17(3)34-20-14-16(2)11-12-19(20)26/h6-12,14,17H,4-5,13,15,27H2,1-3H3,(H,28,31,33). The number of aryl methyl sites for hydroxylation is 1. The molecular weight excluding hydrogens is 456 g/mol. The Bertz CT molecular complexity index is 1270. The molecule has 0 fully saturated rings. The van der Waals surface area contributed by atoms with Crippen molar-refractivity contribution in [3.63, 3.8) is 0 Å². The van der Waals surface area contributed by atoms with Crippen molar-refractivity contribution in [3.8, 4) is 5.75 Å². The van der Waals surface area contributed by atoms with Gasteiger partial charge in [0, 0.05) is 6.54 Å². The smallest absolute Gasteiger partial charge is 0.330 e. The average molecular weight is 485 g/mol. The van der Waals surface area contributed by atoms with E-state index in [2.05, 4.69) is 4.98 Å². The summed E-state index contributed by atoms with van der Waals surface area (Å²) >= 11 is 6.25. The number of rotatable bonds is 9. The van der Waals surface area contributed by atoms with Crippen LogP contribution >= 0.6 is 11.6 Å². The topological polar surface area (TPSA) is 110 Å². The summed E-state index contributed by atoms with van der Waals surface area (Å²) in [7, 11) is 0. The van der Waals surface area contributed by atoms with Crippen LogP contribution in [0.4, 0.5) is 11.5 Å². The minimum Gasteiger partial charge on any atom is -0.479 e. The van der Waals surface area contributed by atoms with E-state index in [1.54, 1.807) is 19.1 Å². The number of hydrogen-bond donors (Lipinski definition) is 2. The number of nitrogen functional groups attached to an aromatic ring is 1. The molecule has 9 heteroatoms. The first kappa shape index (κ1) is 25.1. The highest BCUT2D eigenvalue weighted by molar-refractivity contribution is 6.32. The highest BCUT2D eigenvalue weighted by Crippen LogP contribution is 2.28. The summed E-state index contributed by atoms with van der Waals surface area (Å²) in [5.74, 6) is -0.205. The molecule has 0 saturated heterocycles. The number of nitrogens with two attached hydrogens (primary N) is 1. The SMILES string of the molecule is CCCCn1c(N)c(N(Cc2ccccc2)C(=O)C(C)Oc2cc(C)ccc2Cl)c(=O)[nH]c1=O. The number of benzene rings is 2. The Hall–Kier alpha value is -3.52. The Labute approximate surface area is 202 Å². The molecule has 0 saturated carbocycles. The number of anilines is 2. The van der Waals surface area contributed by atoms with Crippen LogP contribution in [0.25, 0.3) is 0 Å². The number of amides is 1. The second-order valence-electron chi connectivity index (χ2n) is 8.10. The number of aromatic nitrogens is 2. The van der Waals surface area contributed by atoms with Crippen LogP contribution in [0.1, 0.15) is 37.8 Å². The molecule has 3 rings (SSSR count). The largest absolute Gasteiger partial charge is 0.479 e. The maximum atomic E-state index is 13.6. The molecule has 3 N–H and O–H groups in total. The number of unbranched alkanes of at least 4 members (excludes halogenated alkanes) is 1. The number of halogens is 1. The molecule has 34 heavy (non-hydrogen) atoms. The zero-order chi connectivity index (χ0) is 24.8. The van der Waals surface area contributed by atoms with Crippen LogP contribution in [0.2, 0.25) is 5.02 Å². The van der Waals surface area contributed by atoms with Gasteiger partial charge in [0.1, 0.15) is 11.6 Å². The van der Waals surface area contributed by atoms with Gasteiger partial charge in [-0.3, -0.25) is 24.0 Å². The Kier molecular flexibility index (Phi) is 8.17. The molecule has 0 aliphatic carbocycles. The van der Waals surface area contributed by atoms with Crippen LogP contribution in [-0.2, 0) is 17.9 Å². The average Bonchev–Trinajstić information content (AvgIpc) is 2.80. The summed E-state index contributed by atoms with van der Waals surface area (Å²) in [6.07, 6.45) is 0.528. The van der Waals surface area contributed by atoms with Crippen LogP contribution in [0.5, 0.6) is 5.75 Å². The van der Waals surface area contributed by atoms with Gasteiger partial charge in [-0.15, -0.1) is 0 Å². The highest BCUT2D eigenvalue weighted by Gasteiger charge is 2.29. The van der Waals surface area contributed by atoms with Gasteiger partial charge in [-0.1, -0.05) is 61.3 Å². The van der Waals surface area contributed by atoms with Gasteiger partial charge in [-0.2, -0.15) is 0 Å². The molecule has 1 amide bonds. The molecule has 2 aromatic carbocycles. The molecule has 0 spiro atoms. The van der Waals surface area contributed by atoms with Crippen molar-refractivity contribution in [2.75, 3.05) is 10.6 Å². The number of carbonyl (C=O) groups is 1. The Morgan fingerprint density at radius 3 is 2.59 bits per heavy atom. The summed E-state index contributed by atoms with van der Waals surface area (Å²) in [6.45, 7) is 5.83. The van der Waals surface area contributed by atoms with Gasteiger partial charge in [-0.05, 0) is 43.5 Å². The van der Waals surface area contributed by atoms with Gasteiger partial charge in [-0.25, -0.2) is 4.79 Å². The first-order chi connectivity index (χ1) is 16.2. The van der Waals surface area contributed by atoms with Crippen LogP contribution in [-0.4, -0.2) is 21.6 Å². The van der Waals surface area contributed by atoms with Gasteiger partial charge in [0.25, 0.3) is 11.5 Å². The van der Waals surface area contributed by atoms with E-state index in [9.17, 15) is 14.4 Å². The first-order valence-corrected chi connectivity index (χ1v) is 11.5. The van der Waals surface area contributed by atoms with E-state index in [-0.39, 0.29) is 18.1 Å². The van der Waals surface area contributed by atoms with E-state index < -0.39 is 23.3 Å². The lowest BCUT2D eigenvalue weighted by molar-refractivity contribution is -0.124. The third-order valence-corrected chi connectivity index (χ3v) is 5.72. The molecule has 0 aliphatic rings. The Morgan fingerprint density at radius 1 is 1.21 bits per heavy atom. The zero-order valence-corrected chi connectivity index (χ0v) is 20.3. The van der Waals surface area contributed by atoms with Crippen molar-refractivity contribution in [1.82, 2.24) is 9.55 Å². The fraction of sp³-hybridized carbons (Fsp3) is 0.320. The van der Waals surface area contributed by atoms with E-state index in [0.29, 0.717) is 23.7 Å². The maximum absolute atomic E-state index is 13.6. The molecule has 1 unspecified atom stereocenters. The summed E-state index contributed by atoms with van der Waals surface area (Å²) in [5, 5.41) is 0.366. The van der Waals surface area contributed by atoms with E-state index >= 15 is 0 Å². The number of hydrogen-bond acceptors (Lipinski definition) is 5. The molecule has 3 aromatic rings. The van der Waals surface area contributed by atoms with E-state index in [0.717, 1.165) is 17.5 Å². The predicted octanol–water partition coefficient (Wildman–Crippen LogP) is 3.88. The van der Waals surface area contributed by atoms with Gasteiger partial charge >= 0.3 is 5.69 Å². The van der Waals surface area contributed by atoms with Crippen molar-refractivity contribution < 1.29 is 9.53 Å². The summed E-state index contributed by atoms with van der Waals surface area (Å²) < 4.78 is 7.17. The van der Waals surface area contributed by atoms with E-state index in [4.69, 9.17) is 22.1 Å². The number of aromatic amines is 1. The third-order valence-electron chi connectivity index (χ3n) is 5.41. The molecule has 0 bridgehead atoms. The summed E-state index contributed by atoms with van der Waals surface area (Å²) in [6, 6.07) is 14.5. The van der Waals surface area contributed by atoms with Gasteiger partial charge < -0.3 is 10.5 Å². The first-order valence-electron chi connectivity index (χ1n) is 11.1. The predicted molar refractivity (Wildman–Crippen MR) is 135 cm³/mol. The van der Waals surface area contributed by atoms with Crippen LogP contribution in [0, 0.1) is 6.92 Å². The molecule has 1 atom stereocenters. The minimum atomic E-state index is -0.988. The fourth-order valence-electron chi connectivity index (χ4n) is 3.57. The second-order valence-corrected chi connectivity index (χ2v) is 8.51. The van der Waals surface area contributed by atoms with Gasteiger partial charge in [0.15, 0.2) is 11.8 Å². The molecule has 1 aromatic heterocycles. The highest BCUT2D eigenvalue weighted by atomic mass is 35.5. The van der Waals surface area contributed by atoms with Crippen molar-refractivity contribution in [1.29, 1.82) is 0 Å². The summed E-state index contributed by atoms with van der Waals surface area (Å²) in [4.78, 5) is 42.5. The van der Waals surface area contributed by atoms with E-state index in [1.165, 1.54) is 9.47 Å². The number of carbonyl (C=O) groups excluding carboxylic acids is 1. The lowest BCUT2D eigenvalue weighted by Gasteiger charge is -2.27. The van der Waals surface area contributed by atoms with Crippen molar-refractivity contribution in [2.45, 2.75) is 52.8 Å².